The van der Waals surface area contributed by atoms with Crippen LogP contribution in [0.1, 0.15) is 38.3 Å². The van der Waals surface area contributed by atoms with Gasteiger partial charge in [-0.2, -0.15) is 0 Å². The number of nitrogens with zero attached hydrogens (tertiary/aromatic N) is 2. The number of thiophene rings is 2. The maximum absolute atomic E-state index is 6.56. The summed E-state index contributed by atoms with van der Waals surface area (Å²) in [7, 11) is 0. The Morgan fingerprint density at radius 2 is 1.12 bits per heavy atom. The van der Waals surface area contributed by atoms with E-state index in [0.29, 0.717) is 13.2 Å². The smallest absolute Gasteiger partial charge is 0.252 e. The lowest BCUT2D eigenvalue weighted by Gasteiger charge is -2.45. The van der Waals surface area contributed by atoms with Crippen LogP contribution in [0.3, 0.4) is 0 Å². The highest BCUT2D eigenvalue weighted by atomic mass is 32.1. The molecule has 0 aliphatic carbocycles. The highest BCUT2D eigenvalue weighted by Gasteiger charge is 2.45. The summed E-state index contributed by atoms with van der Waals surface area (Å²) in [5.41, 5.74) is 17.9. The van der Waals surface area contributed by atoms with Crippen LogP contribution < -0.4 is 35.7 Å². The van der Waals surface area contributed by atoms with Crippen molar-refractivity contribution in [3.05, 3.63) is 187 Å². The Bertz CT molecular complexity index is 3540. The van der Waals surface area contributed by atoms with E-state index in [1.807, 2.05) is 22.7 Å². The van der Waals surface area contributed by atoms with Gasteiger partial charge >= 0.3 is 0 Å². The predicted octanol–water partition coefficient (Wildman–Crippen LogP) is 15.0. The fourth-order valence-corrected chi connectivity index (χ4v) is 12.7. The zero-order chi connectivity index (χ0) is 45.0. The van der Waals surface area contributed by atoms with Gasteiger partial charge in [0.1, 0.15) is 0 Å². The largest absolute Gasteiger partial charge is 0.490 e. The molecule has 0 fully saturated rings. The van der Waals surface area contributed by atoms with Crippen molar-refractivity contribution in [2.75, 3.05) is 23.0 Å². The topological polar surface area (TPSA) is 24.9 Å². The lowest BCUT2D eigenvalue weighted by Crippen LogP contribution is -2.61. The summed E-state index contributed by atoms with van der Waals surface area (Å²) in [5.74, 6) is 1.60. The van der Waals surface area contributed by atoms with Gasteiger partial charge in [-0.15, -0.1) is 22.7 Å². The van der Waals surface area contributed by atoms with E-state index < -0.39 is 0 Å². The summed E-state index contributed by atoms with van der Waals surface area (Å²) < 4.78 is 15.7. The number of rotatable bonds is 5. The Labute approximate surface area is 400 Å². The lowest BCUT2D eigenvalue weighted by atomic mass is 9.33. The van der Waals surface area contributed by atoms with E-state index in [9.17, 15) is 0 Å². The van der Waals surface area contributed by atoms with Crippen LogP contribution in [0.4, 0.5) is 34.1 Å². The second-order valence-corrected chi connectivity index (χ2v) is 21.4. The van der Waals surface area contributed by atoms with E-state index in [1.165, 1.54) is 96.8 Å². The molecule has 0 amide bonds. The van der Waals surface area contributed by atoms with Gasteiger partial charge in [0.05, 0.1) is 18.9 Å². The highest BCUT2D eigenvalue weighted by molar-refractivity contribution is 7.22. The molecule has 0 spiro atoms. The van der Waals surface area contributed by atoms with E-state index in [1.54, 1.807) is 0 Å². The fraction of sp³-hybridized carbons (Fsp3) is 0.133. The van der Waals surface area contributed by atoms with Gasteiger partial charge in [0, 0.05) is 65.6 Å². The van der Waals surface area contributed by atoms with Crippen molar-refractivity contribution in [1.82, 2.24) is 0 Å². The fourth-order valence-electron chi connectivity index (χ4n) is 10.6. The Balaban J connectivity index is 1.10. The van der Waals surface area contributed by atoms with Crippen LogP contribution >= 0.6 is 22.7 Å². The number of fused-ring (bicyclic) bond motifs is 7. The first-order chi connectivity index (χ1) is 32.7. The zero-order valence-electron chi connectivity index (χ0n) is 38.0. The van der Waals surface area contributed by atoms with Crippen LogP contribution in [-0.2, 0) is 5.41 Å². The van der Waals surface area contributed by atoms with Crippen LogP contribution in [0, 0.1) is 6.92 Å². The molecule has 4 nitrogen and oxygen atoms in total. The molecule has 8 aromatic carbocycles. The van der Waals surface area contributed by atoms with Gasteiger partial charge in [-0.25, -0.2) is 0 Å². The summed E-state index contributed by atoms with van der Waals surface area (Å²) in [5, 5.41) is 2.55. The van der Waals surface area contributed by atoms with Crippen molar-refractivity contribution >= 4 is 100 Å². The average Bonchev–Trinajstić information content (AvgIpc) is 3.92. The van der Waals surface area contributed by atoms with Crippen molar-refractivity contribution in [3.63, 3.8) is 0 Å². The molecule has 0 saturated carbocycles. The first-order valence-electron chi connectivity index (χ1n) is 23.3. The molecular weight excluding hydrogens is 856 g/mol. The number of benzene rings is 8. The van der Waals surface area contributed by atoms with Crippen molar-refractivity contribution in [1.29, 1.82) is 0 Å². The van der Waals surface area contributed by atoms with Crippen molar-refractivity contribution < 1.29 is 9.47 Å². The molecule has 0 saturated heterocycles. The van der Waals surface area contributed by atoms with E-state index in [2.05, 4.69) is 213 Å². The molecule has 3 aliphatic heterocycles. The van der Waals surface area contributed by atoms with Gasteiger partial charge in [-0.3, -0.25) is 0 Å². The number of aryl methyl sites for hydroxylation is 1. The minimum absolute atomic E-state index is 0.0404. The SMILES string of the molecule is Cc1cc2c3c(c1)N(c1ccc(C(C)(C)C)cc1-c1ccccc1)c1cc4c(cc1B3c1ccc(-c3cc5ccccc5s3)cc1N2c1cccc(-c2cc3ccccc3s2)c1)OCCCO4. The maximum atomic E-state index is 6.56. The Morgan fingerprint density at radius 1 is 0.493 bits per heavy atom. The van der Waals surface area contributed by atoms with E-state index >= 15 is 0 Å². The van der Waals surface area contributed by atoms with Crippen LogP contribution in [-0.4, -0.2) is 19.9 Å². The van der Waals surface area contributed by atoms with Gasteiger partial charge in [0.25, 0.3) is 6.71 Å². The van der Waals surface area contributed by atoms with Gasteiger partial charge in [-0.1, -0.05) is 118 Å². The third-order valence-corrected chi connectivity index (χ3v) is 16.1. The second-order valence-electron chi connectivity index (χ2n) is 19.2. The van der Waals surface area contributed by atoms with Crippen molar-refractivity contribution in [2.24, 2.45) is 0 Å². The Hall–Kier alpha value is -7.06. The lowest BCUT2D eigenvalue weighted by molar-refractivity contribution is 0.297. The molecule has 0 bridgehead atoms. The van der Waals surface area contributed by atoms with E-state index in [0.717, 1.165) is 35.0 Å². The molecule has 67 heavy (non-hydrogen) atoms. The second kappa shape index (κ2) is 15.5. The number of hydrogen-bond donors (Lipinski definition) is 0. The summed E-state index contributed by atoms with van der Waals surface area (Å²) in [6.45, 7) is 10.3. The highest BCUT2D eigenvalue weighted by Crippen LogP contribution is 2.50. The van der Waals surface area contributed by atoms with Gasteiger partial charge in [0.15, 0.2) is 11.5 Å². The predicted molar refractivity (Wildman–Crippen MR) is 287 cm³/mol. The van der Waals surface area contributed by atoms with Crippen LogP contribution in [0.2, 0.25) is 0 Å². The molecule has 7 heteroatoms. The molecule has 324 valence electrons. The number of anilines is 6. The number of ether oxygens (including phenoxy) is 2. The molecule has 0 atom stereocenters. The molecule has 0 N–H and O–H groups in total. The zero-order valence-corrected chi connectivity index (χ0v) is 39.6. The maximum Gasteiger partial charge on any atom is 0.252 e. The summed E-state index contributed by atoms with van der Waals surface area (Å²) in [4.78, 5) is 7.61. The van der Waals surface area contributed by atoms with Crippen LogP contribution in [0.15, 0.2) is 176 Å². The van der Waals surface area contributed by atoms with Crippen LogP contribution in [0.5, 0.6) is 11.5 Å². The summed E-state index contributed by atoms with van der Waals surface area (Å²) in [6, 6.07) is 65.9. The van der Waals surface area contributed by atoms with Crippen molar-refractivity contribution in [2.45, 2.75) is 39.5 Å². The molecular formula is C60H47BN2O2S2. The third kappa shape index (κ3) is 6.70. The Kier molecular flexibility index (Phi) is 9.32. The first kappa shape index (κ1) is 40.2. The van der Waals surface area contributed by atoms with E-state index in [4.69, 9.17) is 9.47 Å². The first-order valence-corrected chi connectivity index (χ1v) is 25.0. The Morgan fingerprint density at radius 3 is 1.82 bits per heavy atom. The molecule has 0 unspecified atom stereocenters. The standard InChI is InChI=1S/C60H47BN2O2S2/c1-37-28-51-59-52(29-37)63(48-25-23-43(60(2,3)4)34-45(48)38-14-6-5-7-15-38)50-36-54-53(64-26-13-27-65-54)35-47(50)61(59)46-24-22-42(58-33-41-17-9-11-21-56(41)67-58)31-49(46)62(51)44-19-12-18-39(30-44)57-32-40-16-8-10-20-55(40)66-57/h5-12,14-25,28-36H,13,26-27H2,1-4H3. The van der Waals surface area contributed by atoms with Crippen molar-refractivity contribution in [3.8, 4) is 43.5 Å². The van der Waals surface area contributed by atoms with Gasteiger partial charge in [-0.05, 0) is 140 Å². The summed E-state index contributed by atoms with van der Waals surface area (Å²) in [6.07, 6.45) is 0.835. The quantitative estimate of drug-likeness (QED) is 0.161. The summed E-state index contributed by atoms with van der Waals surface area (Å²) >= 11 is 3.71. The third-order valence-electron chi connectivity index (χ3n) is 13.8. The molecule has 13 rings (SSSR count). The normalized spacial score (nSPS) is 13.9. The van der Waals surface area contributed by atoms with Gasteiger partial charge in [0.2, 0.25) is 0 Å². The minimum Gasteiger partial charge on any atom is -0.490 e. The average molecular weight is 903 g/mol. The molecule has 0 radical (unpaired) electrons. The molecule has 2 aromatic heterocycles. The molecule has 3 aliphatic rings. The molecule has 5 heterocycles. The van der Waals surface area contributed by atoms with Crippen LogP contribution in [0.25, 0.3) is 52.2 Å². The number of hydrogen-bond acceptors (Lipinski definition) is 6. The van der Waals surface area contributed by atoms with Gasteiger partial charge < -0.3 is 19.3 Å². The van der Waals surface area contributed by atoms with E-state index in [-0.39, 0.29) is 12.1 Å². The molecule has 10 aromatic rings. The minimum atomic E-state index is -0.0866. The monoisotopic (exact) mass is 902 g/mol.